The first-order chi connectivity index (χ1) is 12.6. The Balaban J connectivity index is 2.25. The normalized spacial score (nSPS) is 12.1. The monoisotopic (exact) mass is 425 g/mol. The molecule has 0 aliphatic heterocycles. The van der Waals surface area contributed by atoms with Crippen molar-refractivity contribution in [2.24, 2.45) is 0 Å². The maximum atomic E-state index is 13.9. The van der Waals surface area contributed by atoms with E-state index in [0.29, 0.717) is 11.1 Å². The lowest BCUT2D eigenvalue weighted by molar-refractivity contribution is 0.595. The zero-order valence-electron chi connectivity index (χ0n) is 14.4. The molecular formula is C18H16FNO4S3. The summed E-state index contributed by atoms with van der Waals surface area (Å²) in [5.41, 5.74) is 1.12. The maximum Gasteiger partial charge on any atom is 0.216 e. The Bertz CT molecular complexity index is 1200. The van der Waals surface area contributed by atoms with E-state index < -0.39 is 25.5 Å². The van der Waals surface area contributed by atoms with Gasteiger partial charge in [-0.3, -0.25) is 0 Å². The highest BCUT2D eigenvalue weighted by Gasteiger charge is 2.25. The molecule has 0 amide bonds. The number of anilines is 1. The van der Waals surface area contributed by atoms with Crippen LogP contribution in [0.25, 0.3) is 11.1 Å². The van der Waals surface area contributed by atoms with Crippen LogP contribution in [0.4, 0.5) is 9.39 Å². The van der Waals surface area contributed by atoms with E-state index in [0.717, 1.165) is 29.7 Å². The minimum atomic E-state index is -4.09. The molecule has 1 heterocycles. The highest BCUT2D eigenvalue weighted by atomic mass is 32.2. The summed E-state index contributed by atoms with van der Waals surface area (Å²) >= 11 is 0.753. The zero-order valence-corrected chi connectivity index (χ0v) is 16.9. The number of thiophene rings is 1. The van der Waals surface area contributed by atoms with Gasteiger partial charge in [-0.2, -0.15) is 0 Å². The van der Waals surface area contributed by atoms with Crippen LogP contribution in [0.1, 0.15) is 0 Å². The van der Waals surface area contributed by atoms with Gasteiger partial charge in [-0.05, 0) is 29.3 Å². The molecule has 0 atom stereocenters. The number of sulfone groups is 2. The molecule has 9 heteroatoms. The molecule has 0 saturated carbocycles. The van der Waals surface area contributed by atoms with Crippen LogP contribution in [-0.4, -0.2) is 30.1 Å². The first-order valence-corrected chi connectivity index (χ1v) is 11.9. The lowest BCUT2D eigenvalue weighted by Crippen LogP contribution is -2.04. The van der Waals surface area contributed by atoms with E-state index in [2.05, 4.69) is 5.32 Å². The Morgan fingerprint density at radius 2 is 1.52 bits per heavy atom. The predicted molar refractivity (Wildman–Crippen MR) is 104 cm³/mol. The van der Waals surface area contributed by atoms with Crippen molar-refractivity contribution >= 4 is 36.0 Å². The van der Waals surface area contributed by atoms with Crippen molar-refractivity contribution < 1.29 is 21.2 Å². The van der Waals surface area contributed by atoms with Crippen LogP contribution in [0.3, 0.4) is 0 Å². The van der Waals surface area contributed by atoms with Gasteiger partial charge in [-0.1, -0.05) is 30.3 Å². The summed E-state index contributed by atoms with van der Waals surface area (Å²) in [5.74, 6) is -0.677. The molecule has 5 nitrogen and oxygen atoms in total. The fourth-order valence-electron chi connectivity index (χ4n) is 2.51. The minimum absolute atomic E-state index is 0.0936. The molecule has 0 aliphatic carbocycles. The Labute approximate surface area is 161 Å². The standard InChI is InChI=1S/C18H16FNO4S3/c1-20-18-16(19)11-17(25-18)27(23,24)15-9-13(12-6-4-3-5-7-12)8-14(10-15)26(2,21)22/h3-11,20H,1-2H3. The summed E-state index contributed by atoms with van der Waals surface area (Å²) in [7, 11) is -6.25. The van der Waals surface area contributed by atoms with Gasteiger partial charge < -0.3 is 5.32 Å². The van der Waals surface area contributed by atoms with Crippen molar-refractivity contribution in [1.82, 2.24) is 0 Å². The fourth-order valence-corrected chi connectivity index (χ4v) is 5.92. The topological polar surface area (TPSA) is 80.3 Å². The van der Waals surface area contributed by atoms with E-state index in [-0.39, 0.29) is 19.0 Å². The first-order valence-electron chi connectivity index (χ1n) is 7.75. The highest BCUT2D eigenvalue weighted by Crippen LogP contribution is 2.35. The molecular weight excluding hydrogens is 409 g/mol. The number of hydrogen-bond acceptors (Lipinski definition) is 6. The smallest absolute Gasteiger partial charge is 0.216 e. The molecule has 142 valence electrons. The summed E-state index contributed by atoms with van der Waals surface area (Å²) in [6.07, 6.45) is 1.01. The van der Waals surface area contributed by atoms with Crippen LogP contribution in [-0.2, 0) is 19.7 Å². The zero-order chi connectivity index (χ0) is 19.8. The molecule has 3 aromatic rings. The van der Waals surface area contributed by atoms with Crippen molar-refractivity contribution in [3.63, 3.8) is 0 Å². The Kier molecular flexibility index (Phi) is 5.11. The molecule has 27 heavy (non-hydrogen) atoms. The predicted octanol–water partition coefficient (Wildman–Crippen LogP) is 3.83. The van der Waals surface area contributed by atoms with Gasteiger partial charge >= 0.3 is 0 Å². The van der Waals surface area contributed by atoms with Crippen LogP contribution >= 0.6 is 11.3 Å². The van der Waals surface area contributed by atoms with Gasteiger partial charge in [0.1, 0.15) is 9.21 Å². The molecule has 0 radical (unpaired) electrons. The summed E-state index contributed by atoms with van der Waals surface area (Å²) in [6.45, 7) is 0. The molecule has 0 spiro atoms. The third kappa shape index (κ3) is 3.90. The number of rotatable bonds is 5. The second kappa shape index (κ2) is 7.06. The van der Waals surface area contributed by atoms with Gasteiger partial charge in [-0.25, -0.2) is 21.2 Å². The van der Waals surface area contributed by atoms with Gasteiger partial charge in [0.2, 0.25) is 9.84 Å². The summed E-state index contributed by atoms with van der Waals surface area (Å²) < 4.78 is 63.8. The van der Waals surface area contributed by atoms with E-state index in [1.54, 1.807) is 30.3 Å². The molecule has 0 bridgehead atoms. The largest absolute Gasteiger partial charge is 0.378 e. The quantitative estimate of drug-likeness (QED) is 0.672. The molecule has 3 rings (SSSR count). The molecule has 0 saturated heterocycles. The fraction of sp³-hybridized carbons (Fsp3) is 0.111. The third-order valence-corrected chi connectivity index (χ3v) is 8.31. The van der Waals surface area contributed by atoms with Crippen LogP contribution in [0.15, 0.2) is 68.6 Å². The number of halogens is 1. The Morgan fingerprint density at radius 1 is 0.889 bits per heavy atom. The van der Waals surface area contributed by atoms with E-state index in [1.807, 2.05) is 0 Å². The van der Waals surface area contributed by atoms with Crippen molar-refractivity contribution in [2.75, 3.05) is 18.6 Å². The first kappa shape index (κ1) is 19.5. The van der Waals surface area contributed by atoms with Gasteiger partial charge in [0.25, 0.3) is 0 Å². The van der Waals surface area contributed by atoms with E-state index in [4.69, 9.17) is 0 Å². The molecule has 0 aliphatic rings. The molecule has 1 N–H and O–H groups in total. The van der Waals surface area contributed by atoms with Gasteiger partial charge in [0.15, 0.2) is 15.7 Å². The lowest BCUT2D eigenvalue weighted by Gasteiger charge is -2.09. The van der Waals surface area contributed by atoms with E-state index >= 15 is 0 Å². The van der Waals surface area contributed by atoms with Crippen LogP contribution in [0.5, 0.6) is 0 Å². The van der Waals surface area contributed by atoms with Crippen LogP contribution < -0.4 is 5.32 Å². The minimum Gasteiger partial charge on any atom is -0.378 e. The molecule has 2 aromatic carbocycles. The number of nitrogens with one attached hydrogen (secondary N) is 1. The van der Waals surface area contributed by atoms with Gasteiger partial charge in [0.05, 0.1) is 9.79 Å². The van der Waals surface area contributed by atoms with Crippen LogP contribution in [0.2, 0.25) is 0 Å². The molecule has 1 aromatic heterocycles. The van der Waals surface area contributed by atoms with Crippen molar-refractivity contribution in [3.05, 3.63) is 60.4 Å². The summed E-state index contributed by atoms with van der Waals surface area (Å²) in [6, 6.07) is 13.7. The second-order valence-corrected chi connectivity index (χ2v) is 11.1. The Hall–Kier alpha value is -2.23. The summed E-state index contributed by atoms with van der Waals surface area (Å²) in [4.78, 5) is -0.318. The van der Waals surface area contributed by atoms with Crippen molar-refractivity contribution in [2.45, 2.75) is 14.0 Å². The van der Waals surface area contributed by atoms with Gasteiger partial charge in [-0.15, -0.1) is 11.3 Å². The average molecular weight is 426 g/mol. The van der Waals surface area contributed by atoms with E-state index in [9.17, 15) is 21.2 Å². The third-order valence-electron chi connectivity index (χ3n) is 3.88. The molecule has 0 unspecified atom stereocenters. The molecule has 0 fully saturated rings. The second-order valence-electron chi connectivity index (χ2n) is 5.83. The maximum absolute atomic E-state index is 13.9. The lowest BCUT2D eigenvalue weighted by atomic mass is 10.1. The SMILES string of the molecule is CNc1sc(S(=O)(=O)c2cc(-c3ccccc3)cc(S(C)(=O)=O)c2)cc1F. The average Bonchev–Trinajstić information content (AvgIpc) is 3.03. The highest BCUT2D eigenvalue weighted by molar-refractivity contribution is 7.93. The van der Waals surface area contributed by atoms with Crippen molar-refractivity contribution in [3.8, 4) is 11.1 Å². The van der Waals surface area contributed by atoms with E-state index in [1.165, 1.54) is 19.2 Å². The van der Waals surface area contributed by atoms with Crippen molar-refractivity contribution in [1.29, 1.82) is 0 Å². The Morgan fingerprint density at radius 3 is 2.07 bits per heavy atom. The number of hydrogen-bond donors (Lipinski definition) is 1. The van der Waals surface area contributed by atoms with Gasteiger partial charge in [0, 0.05) is 19.4 Å². The number of benzene rings is 2. The van der Waals surface area contributed by atoms with Crippen LogP contribution in [0, 0.1) is 5.82 Å². The summed E-state index contributed by atoms with van der Waals surface area (Å²) in [5, 5.41) is 2.69.